The maximum atomic E-state index is 12.5. The molecule has 0 aliphatic carbocycles. The molecule has 25 heavy (non-hydrogen) atoms. The molecule has 4 aromatic rings. The van der Waals surface area contributed by atoms with Crippen LogP contribution in [0.2, 0.25) is 0 Å². The van der Waals surface area contributed by atoms with Gasteiger partial charge in [0.1, 0.15) is 11.3 Å². The van der Waals surface area contributed by atoms with E-state index in [1.54, 1.807) is 19.4 Å². The van der Waals surface area contributed by atoms with Crippen molar-refractivity contribution in [2.24, 2.45) is 0 Å². The molecule has 0 radical (unpaired) electrons. The summed E-state index contributed by atoms with van der Waals surface area (Å²) in [6, 6.07) is 15.4. The maximum absolute atomic E-state index is 12.5. The Morgan fingerprint density at radius 2 is 1.92 bits per heavy atom. The first-order valence-corrected chi connectivity index (χ1v) is 8.10. The molecule has 0 atom stereocenters. The number of para-hydroxylation sites is 1. The Hall–Kier alpha value is -3.14. The third kappa shape index (κ3) is 2.66. The van der Waals surface area contributed by atoms with E-state index in [0.29, 0.717) is 17.4 Å². The number of methoxy groups -OCH3 is 1. The molecule has 0 spiro atoms. The number of aryl methyl sites for hydroxylation is 1. The SMILES string of the molecule is COc1cccc(Cc2ncc3c(c2C)c(=O)oc2ccccc23)c1. The van der Waals surface area contributed by atoms with Gasteiger partial charge in [-0.3, -0.25) is 4.98 Å². The fourth-order valence-electron chi connectivity index (χ4n) is 3.20. The molecule has 4 rings (SSSR count). The molecule has 4 heteroatoms. The maximum Gasteiger partial charge on any atom is 0.344 e. The molecule has 0 N–H and O–H groups in total. The predicted molar refractivity (Wildman–Crippen MR) is 98.3 cm³/mol. The highest BCUT2D eigenvalue weighted by Gasteiger charge is 2.13. The molecule has 0 aliphatic rings. The minimum atomic E-state index is -0.319. The van der Waals surface area contributed by atoms with Gasteiger partial charge in [0.2, 0.25) is 0 Å². The van der Waals surface area contributed by atoms with E-state index in [1.165, 1.54) is 0 Å². The van der Waals surface area contributed by atoms with Crippen LogP contribution in [-0.4, -0.2) is 12.1 Å². The summed E-state index contributed by atoms with van der Waals surface area (Å²) in [5.74, 6) is 0.807. The summed E-state index contributed by atoms with van der Waals surface area (Å²) in [6.45, 7) is 1.93. The molecule has 2 heterocycles. The quantitative estimate of drug-likeness (QED) is 0.416. The Morgan fingerprint density at radius 3 is 2.76 bits per heavy atom. The summed E-state index contributed by atoms with van der Waals surface area (Å²) in [5, 5.41) is 2.34. The van der Waals surface area contributed by atoms with Gasteiger partial charge in [0.25, 0.3) is 0 Å². The van der Waals surface area contributed by atoms with Crippen LogP contribution in [0.25, 0.3) is 21.7 Å². The van der Waals surface area contributed by atoms with E-state index < -0.39 is 0 Å². The Labute approximate surface area is 144 Å². The van der Waals surface area contributed by atoms with Crippen LogP contribution in [0.4, 0.5) is 0 Å². The summed E-state index contributed by atoms with van der Waals surface area (Å²) < 4.78 is 10.8. The van der Waals surface area contributed by atoms with Crippen LogP contribution in [0.5, 0.6) is 5.75 Å². The van der Waals surface area contributed by atoms with E-state index in [-0.39, 0.29) is 5.63 Å². The second-order valence-electron chi connectivity index (χ2n) is 6.03. The number of rotatable bonds is 3. The molecule has 0 aliphatic heterocycles. The van der Waals surface area contributed by atoms with E-state index in [1.807, 2.05) is 49.4 Å². The van der Waals surface area contributed by atoms with Crippen LogP contribution < -0.4 is 10.4 Å². The number of aromatic nitrogens is 1. The first kappa shape index (κ1) is 15.4. The normalized spacial score (nSPS) is 11.1. The summed E-state index contributed by atoms with van der Waals surface area (Å²) in [6.07, 6.45) is 2.41. The lowest BCUT2D eigenvalue weighted by Gasteiger charge is -2.10. The van der Waals surface area contributed by atoms with Crippen LogP contribution in [0.3, 0.4) is 0 Å². The molecule has 0 unspecified atom stereocenters. The number of nitrogens with zero attached hydrogens (tertiary/aromatic N) is 1. The Kier molecular flexibility index (Phi) is 3.73. The lowest BCUT2D eigenvalue weighted by atomic mass is 10.0. The number of ether oxygens (including phenoxy) is 1. The first-order valence-electron chi connectivity index (χ1n) is 8.10. The van der Waals surface area contributed by atoms with Crippen molar-refractivity contribution >= 4 is 21.7 Å². The van der Waals surface area contributed by atoms with E-state index in [9.17, 15) is 4.79 Å². The van der Waals surface area contributed by atoms with Crippen LogP contribution in [0, 0.1) is 6.92 Å². The second-order valence-corrected chi connectivity index (χ2v) is 6.03. The van der Waals surface area contributed by atoms with E-state index in [0.717, 1.165) is 33.3 Å². The van der Waals surface area contributed by atoms with Crippen molar-refractivity contribution in [3.8, 4) is 5.75 Å². The molecule has 0 fully saturated rings. The second kappa shape index (κ2) is 6.06. The van der Waals surface area contributed by atoms with Gasteiger partial charge < -0.3 is 9.15 Å². The third-order valence-electron chi connectivity index (χ3n) is 4.52. The van der Waals surface area contributed by atoms with Crippen LogP contribution in [-0.2, 0) is 6.42 Å². The Balaban J connectivity index is 1.89. The van der Waals surface area contributed by atoms with Gasteiger partial charge in [-0.1, -0.05) is 30.3 Å². The van der Waals surface area contributed by atoms with Crippen molar-refractivity contribution in [3.63, 3.8) is 0 Å². The van der Waals surface area contributed by atoms with Crippen LogP contribution >= 0.6 is 0 Å². The lowest BCUT2D eigenvalue weighted by Crippen LogP contribution is -2.06. The van der Waals surface area contributed by atoms with Crippen molar-refractivity contribution < 1.29 is 9.15 Å². The van der Waals surface area contributed by atoms with E-state index in [2.05, 4.69) is 4.98 Å². The third-order valence-corrected chi connectivity index (χ3v) is 4.52. The molecule has 4 nitrogen and oxygen atoms in total. The Morgan fingerprint density at radius 1 is 1.08 bits per heavy atom. The molecule has 0 bridgehead atoms. The zero-order valence-electron chi connectivity index (χ0n) is 14.1. The monoisotopic (exact) mass is 331 g/mol. The summed E-state index contributed by atoms with van der Waals surface area (Å²) in [4.78, 5) is 17.1. The minimum Gasteiger partial charge on any atom is -0.497 e. The van der Waals surface area contributed by atoms with E-state index >= 15 is 0 Å². The fourth-order valence-corrected chi connectivity index (χ4v) is 3.20. The van der Waals surface area contributed by atoms with Crippen molar-refractivity contribution in [2.75, 3.05) is 7.11 Å². The zero-order chi connectivity index (χ0) is 17.4. The number of fused-ring (bicyclic) bond motifs is 3. The number of hydrogen-bond acceptors (Lipinski definition) is 4. The predicted octanol–water partition coefficient (Wildman–Crippen LogP) is 4.25. The van der Waals surface area contributed by atoms with Crippen LogP contribution in [0.15, 0.2) is 63.9 Å². The van der Waals surface area contributed by atoms with Gasteiger partial charge in [0, 0.05) is 29.1 Å². The highest BCUT2D eigenvalue weighted by atomic mass is 16.5. The highest BCUT2D eigenvalue weighted by Crippen LogP contribution is 2.26. The minimum absolute atomic E-state index is 0.319. The van der Waals surface area contributed by atoms with Crippen molar-refractivity contribution in [3.05, 3.63) is 82.0 Å². The molecule has 2 aromatic carbocycles. The highest BCUT2D eigenvalue weighted by molar-refractivity contribution is 6.04. The topological polar surface area (TPSA) is 52.3 Å². The fraction of sp³-hybridized carbons (Fsp3) is 0.143. The lowest BCUT2D eigenvalue weighted by molar-refractivity contribution is 0.414. The van der Waals surface area contributed by atoms with Gasteiger partial charge in [-0.05, 0) is 36.2 Å². The summed E-state index contributed by atoms with van der Waals surface area (Å²) in [7, 11) is 1.65. The van der Waals surface area contributed by atoms with E-state index in [4.69, 9.17) is 9.15 Å². The average Bonchev–Trinajstić information content (AvgIpc) is 2.64. The molecule has 124 valence electrons. The van der Waals surface area contributed by atoms with Gasteiger partial charge in [0.15, 0.2) is 0 Å². The summed E-state index contributed by atoms with van der Waals surface area (Å²) in [5.41, 5.74) is 3.07. The van der Waals surface area contributed by atoms with Gasteiger partial charge in [0.05, 0.1) is 12.5 Å². The average molecular weight is 331 g/mol. The molecule has 0 saturated carbocycles. The molecule has 2 aromatic heterocycles. The molecule has 0 amide bonds. The van der Waals surface area contributed by atoms with Crippen molar-refractivity contribution in [2.45, 2.75) is 13.3 Å². The number of benzene rings is 2. The molecular formula is C21H17NO3. The first-order chi connectivity index (χ1) is 12.2. The van der Waals surface area contributed by atoms with Crippen molar-refractivity contribution in [1.82, 2.24) is 4.98 Å². The van der Waals surface area contributed by atoms with Gasteiger partial charge in [-0.25, -0.2) is 4.79 Å². The van der Waals surface area contributed by atoms with Gasteiger partial charge in [-0.2, -0.15) is 0 Å². The molecular weight excluding hydrogens is 314 g/mol. The summed E-state index contributed by atoms with van der Waals surface area (Å²) >= 11 is 0. The molecule has 0 saturated heterocycles. The zero-order valence-corrected chi connectivity index (χ0v) is 14.1. The smallest absolute Gasteiger partial charge is 0.344 e. The van der Waals surface area contributed by atoms with Crippen molar-refractivity contribution in [1.29, 1.82) is 0 Å². The largest absolute Gasteiger partial charge is 0.497 e. The number of hydrogen-bond donors (Lipinski definition) is 0. The standard InChI is InChI=1S/C21H17NO3/c1-13-18(11-14-6-5-7-15(10-14)24-2)22-12-17-16-8-3-4-9-19(16)25-21(23)20(13)17/h3-10,12H,11H2,1-2H3. The number of pyridine rings is 1. The van der Waals surface area contributed by atoms with Crippen LogP contribution in [0.1, 0.15) is 16.8 Å². The van der Waals surface area contributed by atoms with Gasteiger partial charge in [-0.15, -0.1) is 0 Å². The Bertz CT molecular complexity index is 1140. The van der Waals surface area contributed by atoms with Gasteiger partial charge >= 0.3 is 5.63 Å².